The van der Waals surface area contributed by atoms with E-state index in [4.69, 9.17) is 4.74 Å². The molecule has 3 aromatic rings. The van der Waals surface area contributed by atoms with Gasteiger partial charge in [-0.2, -0.15) is 0 Å². The average molecular weight is 329 g/mol. The van der Waals surface area contributed by atoms with E-state index >= 15 is 0 Å². The second-order valence-electron chi connectivity index (χ2n) is 6.37. The van der Waals surface area contributed by atoms with Gasteiger partial charge in [0.05, 0.1) is 5.52 Å². The molecular weight excluding hydrogens is 310 g/mol. The Balaban J connectivity index is 2.09. The van der Waals surface area contributed by atoms with Crippen LogP contribution in [-0.4, -0.2) is 21.4 Å². The SMILES string of the molecule is CC(C)(C)OC(=O)n1cc([C@@H](O)c2cccs2)c2ccccc21. The van der Waals surface area contributed by atoms with Crippen LogP contribution >= 0.6 is 11.3 Å². The fourth-order valence-corrected chi connectivity index (χ4v) is 3.21. The van der Waals surface area contributed by atoms with Crippen LogP contribution in [0.5, 0.6) is 0 Å². The maximum atomic E-state index is 12.5. The predicted molar refractivity (Wildman–Crippen MR) is 92.0 cm³/mol. The van der Waals surface area contributed by atoms with Gasteiger partial charge in [-0.3, -0.25) is 4.57 Å². The first kappa shape index (κ1) is 15.8. The van der Waals surface area contributed by atoms with E-state index in [1.165, 1.54) is 15.9 Å². The third-order valence-electron chi connectivity index (χ3n) is 3.44. The van der Waals surface area contributed by atoms with Gasteiger partial charge in [0.25, 0.3) is 0 Å². The van der Waals surface area contributed by atoms with Crippen LogP contribution in [-0.2, 0) is 4.74 Å². The number of para-hydroxylation sites is 1. The minimum Gasteiger partial charge on any atom is -0.443 e. The van der Waals surface area contributed by atoms with E-state index in [2.05, 4.69) is 0 Å². The highest BCUT2D eigenvalue weighted by atomic mass is 32.1. The van der Waals surface area contributed by atoms with E-state index in [1.807, 2.05) is 62.5 Å². The fourth-order valence-electron chi connectivity index (χ4n) is 2.49. The lowest BCUT2D eigenvalue weighted by Gasteiger charge is -2.19. The van der Waals surface area contributed by atoms with Crippen LogP contribution in [0.1, 0.15) is 37.3 Å². The summed E-state index contributed by atoms with van der Waals surface area (Å²) in [4.78, 5) is 13.3. The molecule has 23 heavy (non-hydrogen) atoms. The Hall–Kier alpha value is -2.11. The smallest absolute Gasteiger partial charge is 0.419 e. The molecule has 0 saturated heterocycles. The van der Waals surface area contributed by atoms with Gasteiger partial charge in [0.2, 0.25) is 0 Å². The van der Waals surface area contributed by atoms with Crippen molar-refractivity contribution in [2.45, 2.75) is 32.5 Å². The number of aliphatic hydroxyl groups is 1. The third kappa shape index (κ3) is 3.16. The van der Waals surface area contributed by atoms with Crippen LogP contribution in [0.2, 0.25) is 0 Å². The third-order valence-corrected chi connectivity index (χ3v) is 4.36. The van der Waals surface area contributed by atoms with Crippen molar-refractivity contribution >= 4 is 28.3 Å². The van der Waals surface area contributed by atoms with E-state index in [0.717, 1.165) is 15.8 Å². The van der Waals surface area contributed by atoms with Crippen LogP contribution in [0, 0.1) is 0 Å². The van der Waals surface area contributed by atoms with E-state index < -0.39 is 17.8 Å². The van der Waals surface area contributed by atoms with Gasteiger partial charge in [-0.1, -0.05) is 24.3 Å². The van der Waals surface area contributed by atoms with Crippen LogP contribution in [0.4, 0.5) is 4.79 Å². The number of ether oxygens (including phenoxy) is 1. The number of aliphatic hydroxyl groups excluding tert-OH is 1. The zero-order valence-electron chi connectivity index (χ0n) is 13.3. The molecule has 0 fully saturated rings. The predicted octanol–water partition coefficient (Wildman–Crippen LogP) is 4.57. The molecule has 0 aliphatic carbocycles. The summed E-state index contributed by atoms with van der Waals surface area (Å²) in [5.41, 5.74) is 0.857. The number of fused-ring (bicyclic) bond motifs is 1. The summed E-state index contributed by atoms with van der Waals surface area (Å²) in [6, 6.07) is 11.3. The highest BCUT2D eigenvalue weighted by Crippen LogP contribution is 2.32. The van der Waals surface area contributed by atoms with E-state index in [9.17, 15) is 9.90 Å². The number of hydrogen-bond donors (Lipinski definition) is 1. The Morgan fingerprint density at radius 2 is 1.96 bits per heavy atom. The maximum absolute atomic E-state index is 12.5. The van der Waals surface area contributed by atoms with Crippen molar-refractivity contribution in [3.05, 3.63) is 58.4 Å². The summed E-state index contributed by atoms with van der Waals surface area (Å²) in [5, 5.41) is 13.4. The van der Waals surface area contributed by atoms with Gasteiger partial charge < -0.3 is 9.84 Å². The Morgan fingerprint density at radius 1 is 1.22 bits per heavy atom. The summed E-state index contributed by atoms with van der Waals surface area (Å²) in [7, 11) is 0. The first-order valence-electron chi connectivity index (χ1n) is 7.41. The summed E-state index contributed by atoms with van der Waals surface area (Å²) < 4.78 is 6.93. The van der Waals surface area contributed by atoms with Gasteiger partial charge >= 0.3 is 6.09 Å². The molecule has 3 rings (SSSR count). The minimum absolute atomic E-state index is 0.446. The molecule has 0 aliphatic heterocycles. The van der Waals surface area contributed by atoms with E-state index in [1.54, 1.807) is 6.20 Å². The summed E-state index contributed by atoms with van der Waals surface area (Å²) in [5.74, 6) is 0. The number of nitrogens with zero attached hydrogens (tertiary/aromatic N) is 1. The summed E-state index contributed by atoms with van der Waals surface area (Å²) in [6.45, 7) is 5.49. The molecule has 0 aliphatic rings. The van der Waals surface area contributed by atoms with Gasteiger partial charge in [-0.25, -0.2) is 4.79 Å². The molecule has 2 aromatic heterocycles. The van der Waals surface area contributed by atoms with Crippen molar-refractivity contribution in [2.75, 3.05) is 0 Å². The molecule has 120 valence electrons. The summed E-state index contributed by atoms with van der Waals surface area (Å²) in [6.07, 6.45) is 0.463. The average Bonchev–Trinajstić information content (AvgIpc) is 3.13. The highest BCUT2D eigenvalue weighted by molar-refractivity contribution is 7.10. The van der Waals surface area contributed by atoms with E-state index in [-0.39, 0.29) is 0 Å². The van der Waals surface area contributed by atoms with Gasteiger partial charge in [0.15, 0.2) is 0 Å². The molecule has 1 atom stereocenters. The zero-order valence-corrected chi connectivity index (χ0v) is 14.1. The Kier molecular flexibility index (Phi) is 4.00. The van der Waals surface area contributed by atoms with Crippen LogP contribution in [0.3, 0.4) is 0 Å². The normalized spacial score (nSPS) is 13.2. The molecule has 0 saturated carbocycles. The minimum atomic E-state index is -0.761. The highest BCUT2D eigenvalue weighted by Gasteiger charge is 2.23. The second kappa shape index (κ2) is 5.83. The number of thiophene rings is 1. The second-order valence-corrected chi connectivity index (χ2v) is 7.35. The molecule has 4 nitrogen and oxygen atoms in total. The molecule has 5 heteroatoms. The lowest BCUT2D eigenvalue weighted by molar-refractivity contribution is 0.0544. The number of carbonyl (C=O) groups excluding carboxylic acids is 1. The van der Waals surface area contributed by atoms with Gasteiger partial charge in [0.1, 0.15) is 11.7 Å². The van der Waals surface area contributed by atoms with Crippen molar-refractivity contribution in [2.24, 2.45) is 0 Å². The van der Waals surface area contributed by atoms with Crippen LogP contribution in [0.25, 0.3) is 10.9 Å². The molecule has 0 spiro atoms. The van der Waals surface area contributed by atoms with Crippen molar-refractivity contribution in [1.29, 1.82) is 0 Å². The molecule has 0 radical (unpaired) electrons. The van der Waals surface area contributed by atoms with Gasteiger partial charge in [0, 0.05) is 22.0 Å². The molecule has 0 unspecified atom stereocenters. The number of carbonyl (C=O) groups is 1. The van der Waals surface area contributed by atoms with Crippen LogP contribution in [0.15, 0.2) is 48.0 Å². The first-order chi connectivity index (χ1) is 10.9. The lowest BCUT2D eigenvalue weighted by atomic mass is 10.1. The van der Waals surface area contributed by atoms with E-state index in [0.29, 0.717) is 5.56 Å². The molecular formula is C18H19NO3S. The summed E-state index contributed by atoms with van der Waals surface area (Å²) >= 11 is 1.49. The maximum Gasteiger partial charge on any atom is 0.419 e. The number of aromatic nitrogens is 1. The molecule has 1 aromatic carbocycles. The fraction of sp³-hybridized carbons (Fsp3) is 0.278. The number of hydrogen-bond acceptors (Lipinski definition) is 4. The van der Waals surface area contributed by atoms with Crippen molar-refractivity contribution in [3.8, 4) is 0 Å². The molecule has 0 amide bonds. The van der Waals surface area contributed by atoms with Gasteiger partial charge in [-0.05, 0) is 38.3 Å². The Bertz CT molecular complexity index is 828. The van der Waals surface area contributed by atoms with Crippen molar-refractivity contribution in [1.82, 2.24) is 4.57 Å². The standard InChI is InChI=1S/C18H19NO3S/c1-18(2,3)22-17(21)19-11-13(12-7-4-5-8-14(12)19)16(20)15-9-6-10-23-15/h4-11,16,20H,1-3H3/t16-/m1/s1. The lowest BCUT2D eigenvalue weighted by Crippen LogP contribution is -2.26. The zero-order chi connectivity index (χ0) is 16.6. The van der Waals surface area contributed by atoms with Gasteiger partial charge in [-0.15, -0.1) is 11.3 Å². The number of rotatable bonds is 2. The van der Waals surface area contributed by atoms with Crippen molar-refractivity contribution in [3.63, 3.8) is 0 Å². The monoisotopic (exact) mass is 329 g/mol. The topological polar surface area (TPSA) is 51.5 Å². The number of benzene rings is 1. The Morgan fingerprint density at radius 3 is 2.61 bits per heavy atom. The molecule has 2 heterocycles. The first-order valence-corrected chi connectivity index (χ1v) is 8.29. The largest absolute Gasteiger partial charge is 0.443 e. The van der Waals surface area contributed by atoms with Crippen LogP contribution < -0.4 is 0 Å². The van der Waals surface area contributed by atoms with Crippen molar-refractivity contribution < 1.29 is 14.6 Å². The quantitative estimate of drug-likeness (QED) is 0.749. The molecule has 1 N–H and O–H groups in total. The molecule has 0 bridgehead atoms. The Labute approximate surface area is 138 Å².